The van der Waals surface area contributed by atoms with Crippen molar-refractivity contribution in [2.24, 2.45) is 0 Å². The number of Topliss-reactive ketones (excluding diaryl/α,β-unsaturated/α-hetero) is 1. The first kappa shape index (κ1) is 25.7. The van der Waals surface area contributed by atoms with Crippen LogP contribution >= 0.6 is 0 Å². The second-order valence-electron chi connectivity index (χ2n) is 10.0. The van der Waals surface area contributed by atoms with Crippen LogP contribution in [0.4, 0.5) is 15.8 Å². The molecule has 5 nitrogen and oxygen atoms in total. The van der Waals surface area contributed by atoms with E-state index < -0.39 is 6.04 Å². The summed E-state index contributed by atoms with van der Waals surface area (Å²) in [7, 11) is 1.63. The van der Waals surface area contributed by atoms with Crippen LogP contribution < -0.4 is 15.0 Å². The number of allylic oxidation sites excluding steroid dienone is 1. The van der Waals surface area contributed by atoms with Crippen molar-refractivity contribution in [2.75, 3.05) is 17.3 Å². The highest BCUT2D eigenvalue weighted by atomic mass is 19.1. The van der Waals surface area contributed by atoms with Crippen LogP contribution in [0.1, 0.15) is 68.5 Å². The van der Waals surface area contributed by atoms with Gasteiger partial charge in [0.2, 0.25) is 5.91 Å². The number of amides is 1. The molecular formula is C32H33FN2O3. The van der Waals surface area contributed by atoms with Crippen LogP contribution in [-0.2, 0) is 9.59 Å². The molecule has 3 aromatic rings. The topological polar surface area (TPSA) is 58.6 Å². The Morgan fingerprint density at radius 1 is 0.974 bits per heavy atom. The lowest BCUT2D eigenvalue weighted by molar-refractivity contribution is -0.119. The number of hydrogen-bond acceptors (Lipinski definition) is 4. The van der Waals surface area contributed by atoms with Gasteiger partial charge in [-0.05, 0) is 66.3 Å². The number of benzene rings is 3. The average molecular weight is 513 g/mol. The Morgan fingerprint density at radius 3 is 2.39 bits per heavy atom. The van der Waals surface area contributed by atoms with E-state index in [2.05, 4.69) is 12.2 Å². The lowest BCUT2D eigenvalue weighted by Gasteiger charge is -2.35. The molecule has 6 heteroatoms. The summed E-state index contributed by atoms with van der Waals surface area (Å²) in [6, 6.07) is 21.1. The molecule has 2 aliphatic rings. The number of fused-ring (bicyclic) bond motifs is 1. The number of unbranched alkanes of at least 4 members (excludes halogenated alkanes) is 2. The van der Waals surface area contributed by atoms with Crippen molar-refractivity contribution in [2.45, 2.75) is 57.4 Å². The first-order valence-electron chi connectivity index (χ1n) is 13.3. The number of methoxy groups -OCH3 is 1. The first-order valence-corrected chi connectivity index (χ1v) is 13.3. The van der Waals surface area contributed by atoms with Crippen LogP contribution in [0.15, 0.2) is 84.1 Å². The van der Waals surface area contributed by atoms with Gasteiger partial charge < -0.3 is 10.1 Å². The van der Waals surface area contributed by atoms with E-state index in [1.165, 1.54) is 12.1 Å². The molecular weight excluding hydrogens is 479 g/mol. The van der Waals surface area contributed by atoms with Crippen molar-refractivity contribution < 1.29 is 18.7 Å². The third kappa shape index (κ3) is 5.08. The van der Waals surface area contributed by atoms with Crippen LogP contribution in [0.3, 0.4) is 0 Å². The molecule has 1 heterocycles. The van der Waals surface area contributed by atoms with Crippen LogP contribution in [0.25, 0.3) is 0 Å². The highest BCUT2D eigenvalue weighted by Gasteiger charge is 2.41. The number of rotatable bonds is 7. The molecule has 0 bridgehead atoms. The van der Waals surface area contributed by atoms with Crippen molar-refractivity contribution in [1.29, 1.82) is 0 Å². The van der Waals surface area contributed by atoms with E-state index in [-0.39, 0.29) is 23.4 Å². The Labute approximate surface area is 223 Å². The van der Waals surface area contributed by atoms with Crippen molar-refractivity contribution >= 4 is 23.1 Å². The number of halogens is 1. The third-order valence-electron chi connectivity index (χ3n) is 7.52. The van der Waals surface area contributed by atoms with Gasteiger partial charge in [0.15, 0.2) is 5.78 Å². The summed E-state index contributed by atoms with van der Waals surface area (Å²) in [6.07, 6.45) is 4.07. The predicted molar refractivity (Wildman–Crippen MR) is 148 cm³/mol. The lowest BCUT2D eigenvalue weighted by atomic mass is 9.78. The van der Waals surface area contributed by atoms with Crippen LogP contribution in [-0.4, -0.2) is 18.8 Å². The van der Waals surface area contributed by atoms with Gasteiger partial charge in [0.1, 0.15) is 11.6 Å². The lowest BCUT2D eigenvalue weighted by Crippen LogP contribution is -2.38. The molecule has 0 saturated heterocycles. The number of hydrogen-bond donors (Lipinski definition) is 1. The van der Waals surface area contributed by atoms with E-state index >= 15 is 0 Å². The van der Waals surface area contributed by atoms with Gasteiger partial charge in [-0.3, -0.25) is 14.5 Å². The first-order chi connectivity index (χ1) is 18.5. The minimum Gasteiger partial charge on any atom is -0.497 e. The smallest absolute Gasteiger partial charge is 0.227 e. The number of anilines is 2. The molecule has 0 saturated carbocycles. The molecule has 5 rings (SSSR count). The largest absolute Gasteiger partial charge is 0.497 e. The van der Waals surface area contributed by atoms with E-state index in [0.29, 0.717) is 24.8 Å². The fourth-order valence-electron chi connectivity index (χ4n) is 5.58. The fraction of sp³-hybridized carbons (Fsp3) is 0.312. The Hall–Kier alpha value is -3.93. The molecule has 1 amide bonds. The summed E-state index contributed by atoms with van der Waals surface area (Å²) in [5.41, 5.74) is 4.70. The zero-order valence-corrected chi connectivity index (χ0v) is 21.9. The summed E-state index contributed by atoms with van der Waals surface area (Å²) in [6.45, 7) is 2.11. The number of ketones is 1. The monoisotopic (exact) mass is 512 g/mol. The van der Waals surface area contributed by atoms with Crippen LogP contribution in [0.2, 0.25) is 0 Å². The zero-order valence-electron chi connectivity index (χ0n) is 21.9. The molecule has 1 aliphatic carbocycles. The standard InChI is InChI=1S/C32H33FN2O3/c1-3-4-5-10-30(37)35-28-9-7-6-8-26(28)34-27-19-23(21-13-17-25(38-2)18-14-21)20-29(36)31(27)32(35)22-11-15-24(33)16-12-22/h6-9,11-18,23,32,34H,3-5,10,19-20H2,1-2H3/t23-,32-/m0/s1. The van der Waals surface area contributed by atoms with Crippen molar-refractivity contribution in [1.82, 2.24) is 0 Å². The van der Waals surface area contributed by atoms with Crippen molar-refractivity contribution in [3.8, 4) is 5.75 Å². The number of carbonyl (C=O) groups excluding carboxylic acids is 2. The molecule has 3 aromatic carbocycles. The van der Waals surface area contributed by atoms with Gasteiger partial charge in [-0.1, -0.05) is 56.2 Å². The van der Waals surface area contributed by atoms with Gasteiger partial charge in [-0.15, -0.1) is 0 Å². The maximum atomic E-state index is 14.0. The normalized spacial score (nSPS) is 18.8. The molecule has 0 aromatic heterocycles. The van der Waals surface area contributed by atoms with Gasteiger partial charge in [-0.2, -0.15) is 0 Å². The highest BCUT2D eigenvalue weighted by molar-refractivity contribution is 6.06. The minimum absolute atomic E-state index is 0.00643. The summed E-state index contributed by atoms with van der Waals surface area (Å²) in [5.74, 6) is 0.359. The highest BCUT2D eigenvalue weighted by Crippen LogP contribution is 2.47. The number of para-hydroxylation sites is 2. The van der Waals surface area contributed by atoms with E-state index in [0.717, 1.165) is 53.2 Å². The van der Waals surface area contributed by atoms with Crippen LogP contribution in [0, 0.1) is 5.82 Å². The summed E-state index contributed by atoms with van der Waals surface area (Å²) in [4.78, 5) is 29.6. The Morgan fingerprint density at radius 2 is 1.68 bits per heavy atom. The molecule has 0 spiro atoms. The molecule has 0 fully saturated rings. The molecule has 0 radical (unpaired) electrons. The van der Waals surface area contributed by atoms with E-state index in [4.69, 9.17) is 4.74 Å². The maximum absolute atomic E-state index is 14.0. The van der Waals surface area contributed by atoms with Gasteiger partial charge in [0.05, 0.1) is 24.5 Å². The summed E-state index contributed by atoms with van der Waals surface area (Å²) in [5, 5.41) is 3.54. The Balaban J connectivity index is 1.63. The molecule has 0 unspecified atom stereocenters. The van der Waals surface area contributed by atoms with E-state index in [1.807, 2.05) is 48.5 Å². The molecule has 1 N–H and O–H groups in total. The molecule has 1 aliphatic heterocycles. The Kier molecular flexibility index (Phi) is 7.59. The van der Waals surface area contributed by atoms with Gasteiger partial charge in [0.25, 0.3) is 0 Å². The average Bonchev–Trinajstić information content (AvgIpc) is 3.08. The number of nitrogens with one attached hydrogen (secondary N) is 1. The van der Waals surface area contributed by atoms with Crippen LogP contribution in [0.5, 0.6) is 5.75 Å². The third-order valence-corrected chi connectivity index (χ3v) is 7.52. The second kappa shape index (κ2) is 11.2. The van der Waals surface area contributed by atoms with Crippen molar-refractivity contribution in [3.05, 3.63) is 101 Å². The Bertz CT molecular complexity index is 1350. The van der Waals surface area contributed by atoms with Gasteiger partial charge in [0, 0.05) is 24.1 Å². The summed E-state index contributed by atoms with van der Waals surface area (Å²) < 4.78 is 19.3. The number of nitrogens with zero attached hydrogens (tertiary/aromatic N) is 1. The van der Waals surface area contributed by atoms with Gasteiger partial charge >= 0.3 is 0 Å². The van der Waals surface area contributed by atoms with E-state index in [9.17, 15) is 14.0 Å². The zero-order chi connectivity index (χ0) is 26.6. The number of carbonyl (C=O) groups is 2. The maximum Gasteiger partial charge on any atom is 0.227 e. The summed E-state index contributed by atoms with van der Waals surface area (Å²) >= 11 is 0. The fourth-order valence-corrected chi connectivity index (χ4v) is 5.58. The number of ether oxygens (including phenoxy) is 1. The van der Waals surface area contributed by atoms with Crippen molar-refractivity contribution in [3.63, 3.8) is 0 Å². The second-order valence-corrected chi connectivity index (χ2v) is 10.0. The van der Waals surface area contributed by atoms with E-state index in [1.54, 1.807) is 24.1 Å². The van der Waals surface area contributed by atoms with Gasteiger partial charge in [-0.25, -0.2) is 4.39 Å². The molecule has 2 atom stereocenters. The minimum atomic E-state index is -0.639. The molecule has 38 heavy (non-hydrogen) atoms. The SMILES string of the molecule is CCCCCC(=O)N1c2ccccc2NC2=C(C(=O)C[C@@H](c3ccc(OC)cc3)C2)[C@@H]1c1ccc(F)cc1. The predicted octanol–water partition coefficient (Wildman–Crippen LogP) is 7.32. The molecule has 196 valence electrons. The quantitative estimate of drug-likeness (QED) is 0.337.